The van der Waals surface area contributed by atoms with Crippen molar-refractivity contribution in [2.24, 2.45) is 11.7 Å². The molecule has 2 atom stereocenters. The standard InChI is InChI=1S/C32H42ClN3O6S/c1-35(28-13-16-42-17-14-28)31(38)19-26(22-43(40,41)21-23-6-3-2-4-7-23)32(39)36-15-5-8-29(36)30(37)12-10-24-18-27(33)11-9-25(24)20-34/h2-4,6-7,9,11,18,26,28-29H,5,8,10,12-17,19-22,34H2,1H3/t26-,29-/m0/s1. The molecule has 4 rings (SSSR count). The molecule has 2 aliphatic rings. The fourth-order valence-electron chi connectivity index (χ4n) is 6.09. The molecule has 2 aliphatic heterocycles. The molecule has 2 heterocycles. The fourth-order valence-corrected chi connectivity index (χ4v) is 7.98. The third kappa shape index (κ3) is 9.11. The lowest BCUT2D eigenvalue weighted by atomic mass is 9.97. The average Bonchev–Trinajstić information content (AvgIpc) is 3.49. The number of likely N-dealkylation sites (tertiary alicyclic amines) is 1. The zero-order valence-corrected chi connectivity index (χ0v) is 26.3. The SMILES string of the molecule is CN(C(=O)C[C@@H](CS(=O)(=O)Cc1ccccc1)C(=O)N1CCC[C@H]1C(=O)CCc1cc(Cl)ccc1CN)C1CCOCC1. The van der Waals surface area contributed by atoms with Gasteiger partial charge in [-0.2, -0.15) is 0 Å². The molecule has 0 bridgehead atoms. The Bertz CT molecular complexity index is 1380. The van der Waals surface area contributed by atoms with Gasteiger partial charge in [0.2, 0.25) is 11.8 Å². The molecule has 0 aliphatic carbocycles. The Morgan fingerprint density at radius 2 is 1.79 bits per heavy atom. The van der Waals surface area contributed by atoms with E-state index in [1.54, 1.807) is 48.3 Å². The number of rotatable bonds is 13. The number of hydrogen-bond donors (Lipinski definition) is 1. The van der Waals surface area contributed by atoms with E-state index in [1.807, 2.05) is 12.1 Å². The molecule has 0 radical (unpaired) electrons. The molecule has 11 heteroatoms. The van der Waals surface area contributed by atoms with Crippen molar-refractivity contribution in [3.63, 3.8) is 0 Å². The van der Waals surface area contributed by atoms with Gasteiger partial charge in [-0.15, -0.1) is 0 Å². The van der Waals surface area contributed by atoms with Crippen molar-refractivity contribution in [1.82, 2.24) is 9.80 Å². The van der Waals surface area contributed by atoms with Crippen molar-refractivity contribution in [2.45, 2.75) is 69.3 Å². The Labute approximate surface area is 259 Å². The van der Waals surface area contributed by atoms with Gasteiger partial charge in [-0.05, 0) is 60.9 Å². The lowest BCUT2D eigenvalue weighted by molar-refractivity contribution is -0.144. The summed E-state index contributed by atoms with van der Waals surface area (Å²) in [7, 11) is -2.05. The van der Waals surface area contributed by atoms with Crippen molar-refractivity contribution in [2.75, 3.05) is 32.6 Å². The van der Waals surface area contributed by atoms with Crippen LogP contribution in [0.15, 0.2) is 48.5 Å². The number of hydrogen-bond acceptors (Lipinski definition) is 7. The first-order valence-corrected chi connectivity index (χ1v) is 17.2. The fraction of sp³-hybridized carbons (Fsp3) is 0.531. The molecule has 43 heavy (non-hydrogen) atoms. The van der Waals surface area contributed by atoms with E-state index in [1.165, 1.54) is 4.90 Å². The highest BCUT2D eigenvalue weighted by atomic mass is 35.5. The van der Waals surface area contributed by atoms with Crippen LogP contribution in [-0.4, -0.2) is 80.5 Å². The van der Waals surface area contributed by atoms with Gasteiger partial charge in [-0.3, -0.25) is 14.4 Å². The van der Waals surface area contributed by atoms with Crippen LogP contribution >= 0.6 is 11.6 Å². The second kappa shape index (κ2) is 15.3. The van der Waals surface area contributed by atoms with Gasteiger partial charge in [-0.25, -0.2) is 8.42 Å². The Kier molecular flexibility index (Phi) is 11.8. The monoisotopic (exact) mass is 631 g/mol. The zero-order chi connectivity index (χ0) is 31.0. The minimum absolute atomic E-state index is 0.0241. The molecule has 2 fully saturated rings. The molecule has 2 aromatic rings. The highest BCUT2D eigenvalue weighted by Crippen LogP contribution is 2.27. The van der Waals surface area contributed by atoms with Gasteiger partial charge >= 0.3 is 0 Å². The summed E-state index contributed by atoms with van der Waals surface area (Å²) in [5.41, 5.74) is 8.29. The molecule has 9 nitrogen and oxygen atoms in total. The smallest absolute Gasteiger partial charge is 0.227 e. The lowest BCUT2D eigenvalue weighted by Gasteiger charge is -2.33. The summed E-state index contributed by atoms with van der Waals surface area (Å²) in [5, 5.41) is 0.562. The molecule has 0 spiro atoms. The predicted molar refractivity (Wildman–Crippen MR) is 166 cm³/mol. The first-order chi connectivity index (χ1) is 20.6. The van der Waals surface area contributed by atoms with Gasteiger partial charge in [-0.1, -0.05) is 48.0 Å². The largest absolute Gasteiger partial charge is 0.381 e. The molecular weight excluding hydrogens is 590 g/mol. The van der Waals surface area contributed by atoms with Gasteiger partial charge in [0, 0.05) is 57.3 Å². The van der Waals surface area contributed by atoms with E-state index in [4.69, 9.17) is 22.1 Å². The van der Waals surface area contributed by atoms with Gasteiger partial charge in [0.05, 0.1) is 23.5 Å². The molecule has 2 amide bonds. The molecule has 0 saturated carbocycles. The van der Waals surface area contributed by atoms with Gasteiger partial charge in [0.15, 0.2) is 15.6 Å². The maximum absolute atomic E-state index is 14.0. The van der Waals surface area contributed by atoms with Crippen LogP contribution in [0.1, 0.15) is 55.2 Å². The first kappa shape index (κ1) is 33.1. The predicted octanol–water partition coefficient (Wildman–Crippen LogP) is 3.55. The van der Waals surface area contributed by atoms with E-state index in [0.29, 0.717) is 69.0 Å². The van der Waals surface area contributed by atoms with E-state index in [-0.39, 0.29) is 36.3 Å². The second-order valence-corrected chi connectivity index (χ2v) is 14.1. The van der Waals surface area contributed by atoms with Gasteiger partial charge < -0.3 is 20.3 Å². The zero-order valence-electron chi connectivity index (χ0n) is 24.8. The number of nitrogens with zero attached hydrogens (tertiary/aromatic N) is 2. The maximum atomic E-state index is 14.0. The van der Waals surface area contributed by atoms with Crippen LogP contribution in [0, 0.1) is 5.92 Å². The third-order valence-corrected chi connectivity index (χ3v) is 10.4. The molecule has 2 aromatic carbocycles. The quantitative estimate of drug-likeness (QED) is 0.358. The normalized spacial score (nSPS) is 18.4. The molecular formula is C32H42ClN3O6S. The number of ether oxygens (including phenoxy) is 1. The van der Waals surface area contributed by atoms with Crippen molar-refractivity contribution in [3.8, 4) is 0 Å². The van der Waals surface area contributed by atoms with Crippen LogP contribution in [-0.2, 0) is 47.7 Å². The van der Waals surface area contributed by atoms with Gasteiger partial charge in [0.1, 0.15) is 0 Å². The van der Waals surface area contributed by atoms with E-state index in [0.717, 1.165) is 11.1 Å². The summed E-state index contributed by atoms with van der Waals surface area (Å²) >= 11 is 6.17. The van der Waals surface area contributed by atoms with Crippen LogP contribution in [0.5, 0.6) is 0 Å². The summed E-state index contributed by atoms with van der Waals surface area (Å²) in [6.45, 7) is 1.77. The van der Waals surface area contributed by atoms with E-state index < -0.39 is 33.5 Å². The number of carbonyl (C=O) groups is 3. The summed E-state index contributed by atoms with van der Waals surface area (Å²) < 4.78 is 32.1. The Morgan fingerprint density at radius 3 is 2.49 bits per heavy atom. The third-order valence-electron chi connectivity index (χ3n) is 8.52. The van der Waals surface area contributed by atoms with Crippen LogP contribution in [0.3, 0.4) is 0 Å². The van der Waals surface area contributed by atoms with E-state index >= 15 is 0 Å². The molecule has 2 saturated heterocycles. The van der Waals surface area contributed by atoms with Crippen molar-refractivity contribution in [1.29, 1.82) is 0 Å². The highest BCUT2D eigenvalue weighted by Gasteiger charge is 2.39. The number of halogens is 1. The van der Waals surface area contributed by atoms with Gasteiger partial charge in [0.25, 0.3) is 0 Å². The van der Waals surface area contributed by atoms with Crippen LogP contribution in [0.2, 0.25) is 5.02 Å². The number of nitrogens with two attached hydrogens (primary N) is 1. The number of sulfone groups is 1. The summed E-state index contributed by atoms with van der Waals surface area (Å²) in [6, 6.07) is 13.5. The Hall–Kier alpha value is -2.79. The number of aryl methyl sites for hydroxylation is 1. The number of amides is 2. The topological polar surface area (TPSA) is 127 Å². The molecule has 234 valence electrons. The Balaban J connectivity index is 1.50. The minimum atomic E-state index is -3.75. The number of carbonyl (C=O) groups excluding carboxylic acids is 3. The molecule has 0 aromatic heterocycles. The number of benzene rings is 2. The van der Waals surface area contributed by atoms with Crippen molar-refractivity contribution >= 4 is 39.0 Å². The van der Waals surface area contributed by atoms with Crippen molar-refractivity contribution < 1.29 is 27.5 Å². The lowest BCUT2D eigenvalue weighted by Crippen LogP contribution is -2.47. The highest BCUT2D eigenvalue weighted by molar-refractivity contribution is 7.90. The number of Topliss-reactive ketones (excluding diaryl/α,β-unsaturated/α-hetero) is 1. The van der Waals surface area contributed by atoms with E-state index in [9.17, 15) is 22.8 Å². The molecule has 0 unspecified atom stereocenters. The minimum Gasteiger partial charge on any atom is -0.381 e. The van der Waals surface area contributed by atoms with Crippen LogP contribution in [0.25, 0.3) is 0 Å². The average molecular weight is 632 g/mol. The summed E-state index contributed by atoms with van der Waals surface area (Å²) in [5.74, 6) is -2.61. The second-order valence-electron chi connectivity index (χ2n) is 11.6. The first-order valence-electron chi connectivity index (χ1n) is 15.0. The maximum Gasteiger partial charge on any atom is 0.227 e. The van der Waals surface area contributed by atoms with Crippen LogP contribution < -0.4 is 5.73 Å². The summed E-state index contributed by atoms with van der Waals surface area (Å²) in [4.78, 5) is 44.0. The van der Waals surface area contributed by atoms with Crippen LogP contribution in [0.4, 0.5) is 0 Å². The Morgan fingerprint density at radius 1 is 1.07 bits per heavy atom. The molecule has 2 N–H and O–H groups in total. The summed E-state index contributed by atoms with van der Waals surface area (Å²) in [6.07, 6.45) is 2.91. The number of ketones is 1. The van der Waals surface area contributed by atoms with Crippen molar-refractivity contribution in [3.05, 3.63) is 70.2 Å². The van der Waals surface area contributed by atoms with E-state index in [2.05, 4.69) is 0 Å².